The van der Waals surface area contributed by atoms with E-state index in [1.54, 1.807) is 0 Å². The van der Waals surface area contributed by atoms with E-state index in [0.717, 1.165) is 25.7 Å². The topological polar surface area (TPSA) is 41.1 Å². The van der Waals surface area contributed by atoms with Crippen molar-refractivity contribution in [3.63, 3.8) is 0 Å². The molecule has 3 nitrogen and oxygen atoms in total. The molecule has 0 amide bonds. The van der Waals surface area contributed by atoms with Crippen LogP contribution in [0.3, 0.4) is 0 Å². The van der Waals surface area contributed by atoms with Gasteiger partial charge in [-0.15, -0.1) is 0 Å². The lowest BCUT2D eigenvalue weighted by molar-refractivity contribution is -0.109. The number of nitrogens with one attached hydrogen (secondary N) is 2. The van der Waals surface area contributed by atoms with Gasteiger partial charge >= 0.3 is 0 Å². The smallest absolute Gasteiger partial charge is 0.137 e. The van der Waals surface area contributed by atoms with E-state index in [9.17, 15) is 4.79 Å². The van der Waals surface area contributed by atoms with Crippen LogP contribution < -0.4 is 10.2 Å². The summed E-state index contributed by atoms with van der Waals surface area (Å²) in [6, 6.07) is -0.0108. The first-order valence-corrected chi connectivity index (χ1v) is 4.35. The van der Waals surface area contributed by atoms with Crippen molar-refractivity contribution in [3.8, 4) is 0 Å². The van der Waals surface area contributed by atoms with Crippen molar-refractivity contribution in [2.24, 2.45) is 0 Å². The lowest BCUT2D eigenvalue weighted by atomic mass is 10.2. The Hall–Kier alpha value is 0.450. The number of aldehydes is 1. The van der Waals surface area contributed by atoms with Crippen LogP contribution in [0.2, 0.25) is 0 Å². The van der Waals surface area contributed by atoms with Crippen molar-refractivity contribution in [2.75, 3.05) is 6.54 Å². The number of hydrogen-bond donors (Lipinski definition) is 2. The maximum absolute atomic E-state index is 10.2. The molecule has 10 heavy (non-hydrogen) atoms. The summed E-state index contributed by atoms with van der Waals surface area (Å²) in [4.78, 5) is 10.2. The lowest BCUT2D eigenvalue weighted by Crippen LogP contribution is -2.22. The molecule has 0 aliphatic heterocycles. The van der Waals surface area contributed by atoms with E-state index in [1.807, 2.05) is 0 Å². The van der Waals surface area contributed by atoms with E-state index in [4.69, 9.17) is 0 Å². The molecule has 60 valence electrons. The molecule has 0 saturated heterocycles. The van der Waals surface area contributed by atoms with Crippen LogP contribution >= 0.6 is 18.8 Å². The summed E-state index contributed by atoms with van der Waals surface area (Å²) in [7, 11) is 4.77. The molecule has 0 aromatic carbocycles. The summed E-state index contributed by atoms with van der Waals surface area (Å²) in [5.74, 6) is 0. The molecule has 0 aromatic heterocycles. The molecular weight excluding hydrogens is 166 g/mol. The molecule has 0 rings (SSSR count). The molecule has 5 heteroatoms. The van der Waals surface area contributed by atoms with Crippen LogP contribution in [0.15, 0.2) is 0 Å². The predicted octanol–water partition coefficient (Wildman–Crippen LogP) is 0.0935. The van der Waals surface area contributed by atoms with Crippen molar-refractivity contribution in [1.82, 2.24) is 10.2 Å². The minimum atomic E-state index is -0.0108. The van der Waals surface area contributed by atoms with E-state index in [1.165, 1.54) is 0 Å². The minimum absolute atomic E-state index is 0.0108. The molecular formula is C5H14N2OP2. The first-order valence-electron chi connectivity index (χ1n) is 3.20. The highest BCUT2D eigenvalue weighted by atomic mass is 31.0. The Morgan fingerprint density at radius 1 is 1.50 bits per heavy atom. The third-order valence-electron chi connectivity index (χ3n) is 1.21. The van der Waals surface area contributed by atoms with E-state index < -0.39 is 0 Å². The summed E-state index contributed by atoms with van der Waals surface area (Å²) in [6.07, 6.45) is 2.82. The van der Waals surface area contributed by atoms with Gasteiger partial charge in [-0.05, 0) is 19.4 Å². The molecule has 0 aromatic rings. The number of carbonyl (C=O) groups excluding carboxylic acids is 1. The highest BCUT2D eigenvalue weighted by Crippen LogP contribution is 1.95. The van der Waals surface area contributed by atoms with Crippen LogP contribution in [-0.2, 0) is 4.79 Å². The van der Waals surface area contributed by atoms with Gasteiger partial charge in [0.1, 0.15) is 6.29 Å². The Kier molecular flexibility index (Phi) is 7.90. The highest BCUT2D eigenvalue weighted by molar-refractivity contribution is 7.13. The van der Waals surface area contributed by atoms with Gasteiger partial charge in [-0.3, -0.25) is 5.09 Å². The zero-order chi connectivity index (χ0) is 7.82. The van der Waals surface area contributed by atoms with Crippen LogP contribution in [0.4, 0.5) is 0 Å². The Morgan fingerprint density at radius 3 is 2.60 bits per heavy atom. The SMILES string of the molecule is O=C[C@H](CCCNP)NP. The van der Waals surface area contributed by atoms with Crippen molar-refractivity contribution in [2.45, 2.75) is 18.9 Å². The van der Waals surface area contributed by atoms with Crippen molar-refractivity contribution < 1.29 is 4.79 Å². The molecule has 0 spiro atoms. The quantitative estimate of drug-likeness (QED) is 0.346. The third-order valence-corrected chi connectivity index (χ3v) is 1.93. The average molecular weight is 180 g/mol. The maximum Gasteiger partial charge on any atom is 0.137 e. The van der Waals surface area contributed by atoms with Gasteiger partial charge in [0.2, 0.25) is 0 Å². The molecule has 3 atom stereocenters. The van der Waals surface area contributed by atoms with Gasteiger partial charge < -0.3 is 9.88 Å². The van der Waals surface area contributed by atoms with Crippen molar-refractivity contribution in [1.29, 1.82) is 0 Å². The Bertz CT molecular complexity index is 91.7. The molecule has 0 heterocycles. The van der Waals surface area contributed by atoms with Crippen LogP contribution in [0, 0.1) is 0 Å². The lowest BCUT2D eigenvalue weighted by Gasteiger charge is -2.06. The number of rotatable bonds is 6. The standard InChI is InChI=1S/C5H14N2OP2/c8-4-5(7-10)2-1-3-6-9/h4-7H,1-3,9-10H2/t5-/m0/s1. The second-order valence-electron chi connectivity index (χ2n) is 2.01. The van der Waals surface area contributed by atoms with Gasteiger partial charge in [-0.1, -0.05) is 18.8 Å². The van der Waals surface area contributed by atoms with Gasteiger partial charge in [0.25, 0.3) is 0 Å². The van der Waals surface area contributed by atoms with Crippen molar-refractivity contribution in [3.05, 3.63) is 0 Å². The first kappa shape index (κ1) is 10.4. The second kappa shape index (κ2) is 7.56. The normalized spacial score (nSPS) is 13.0. The monoisotopic (exact) mass is 180 g/mol. The third kappa shape index (κ3) is 5.25. The van der Waals surface area contributed by atoms with E-state index >= 15 is 0 Å². The molecule has 2 N–H and O–H groups in total. The van der Waals surface area contributed by atoms with Gasteiger partial charge in [-0.2, -0.15) is 0 Å². The van der Waals surface area contributed by atoms with Gasteiger partial charge in [-0.25, -0.2) is 0 Å². The van der Waals surface area contributed by atoms with Gasteiger partial charge in [0.15, 0.2) is 0 Å². The van der Waals surface area contributed by atoms with Crippen LogP contribution in [0.1, 0.15) is 12.8 Å². The largest absolute Gasteiger partial charge is 0.302 e. The fourth-order valence-electron chi connectivity index (χ4n) is 0.615. The summed E-state index contributed by atoms with van der Waals surface area (Å²) >= 11 is 0. The molecule has 0 radical (unpaired) electrons. The Balaban J connectivity index is 3.17. The minimum Gasteiger partial charge on any atom is -0.302 e. The summed E-state index contributed by atoms with van der Waals surface area (Å²) in [6.45, 7) is 0.932. The molecule has 0 fully saturated rings. The van der Waals surface area contributed by atoms with Gasteiger partial charge in [0.05, 0.1) is 6.04 Å². The Morgan fingerprint density at radius 2 is 2.20 bits per heavy atom. The van der Waals surface area contributed by atoms with E-state index in [2.05, 4.69) is 29.0 Å². The fourth-order valence-corrected chi connectivity index (χ4v) is 1.06. The summed E-state index contributed by atoms with van der Waals surface area (Å²) in [5.41, 5.74) is 0. The molecule has 0 bridgehead atoms. The maximum atomic E-state index is 10.2. The summed E-state index contributed by atoms with van der Waals surface area (Å²) in [5, 5.41) is 5.76. The highest BCUT2D eigenvalue weighted by Gasteiger charge is 2.01. The average Bonchev–Trinajstić information content (AvgIpc) is 1.99. The van der Waals surface area contributed by atoms with Crippen LogP contribution in [0.25, 0.3) is 0 Å². The van der Waals surface area contributed by atoms with Crippen LogP contribution in [-0.4, -0.2) is 18.9 Å². The molecule has 0 aliphatic carbocycles. The summed E-state index contributed by atoms with van der Waals surface area (Å²) < 4.78 is 0. The number of carbonyl (C=O) groups is 1. The van der Waals surface area contributed by atoms with Crippen molar-refractivity contribution >= 4 is 25.1 Å². The first-order chi connectivity index (χ1) is 4.85. The zero-order valence-electron chi connectivity index (χ0n) is 5.84. The molecule has 0 saturated carbocycles. The van der Waals surface area contributed by atoms with Gasteiger partial charge in [0, 0.05) is 0 Å². The van der Waals surface area contributed by atoms with E-state index in [-0.39, 0.29) is 6.04 Å². The second-order valence-corrected chi connectivity index (χ2v) is 2.75. The van der Waals surface area contributed by atoms with Crippen LogP contribution in [0.5, 0.6) is 0 Å². The van der Waals surface area contributed by atoms with E-state index in [0.29, 0.717) is 0 Å². The molecule has 2 unspecified atom stereocenters. The number of hydrogen-bond acceptors (Lipinski definition) is 3. The Labute approximate surface area is 66.2 Å². The predicted molar refractivity (Wildman–Crippen MR) is 49.6 cm³/mol. The zero-order valence-corrected chi connectivity index (χ0v) is 8.15. The fraction of sp³-hybridized carbons (Fsp3) is 0.800. The molecule has 0 aliphatic rings.